The van der Waals surface area contributed by atoms with Crippen LogP contribution in [0, 0.1) is 6.92 Å². The Hall–Kier alpha value is -2.15. The first-order valence-electron chi connectivity index (χ1n) is 5.51. The lowest BCUT2D eigenvalue weighted by Gasteiger charge is -2.15. The molecule has 100 valence electrons. The van der Waals surface area contributed by atoms with E-state index in [2.05, 4.69) is 20.2 Å². The Morgan fingerprint density at radius 2 is 2.32 bits per heavy atom. The maximum atomic E-state index is 12.1. The maximum absolute atomic E-state index is 12.1. The molecule has 0 aromatic carbocycles. The van der Waals surface area contributed by atoms with Gasteiger partial charge in [0.05, 0.1) is 17.1 Å². The van der Waals surface area contributed by atoms with Crippen molar-refractivity contribution >= 4 is 23.3 Å². The number of aryl methyl sites for hydroxylation is 1. The fourth-order valence-electron chi connectivity index (χ4n) is 1.53. The number of hydrogen-bond donors (Lipinski definition) is 2. The highest BCUT2D eigenvalue weighted by Gasteiger charge is 2.15. The molecule has 0 unspecified atom stereocenters. The van der Waals surface area contributed by atoms with Crippen LogP contribution in [0.3, 0.4) is 0 Å². The van der Waals surface area contributed by atoms with Gasteiger partial charge in [-0.25, -0.2) is 9.97 Å². The van der Waals surface area contributed by atoms with E-state index in [9.17, 15) is 4.79 Å². The van der Waals surface area contributed by atoms with Crippen LogP contribution < -0.4 is 5.73 Å². The molecule has 8 heteroatoms. The molecule has 2 heterocycles. The summed E-state index contributed by atoms with van der Waals surface area (Å²) < 4.78 is 0. The fraction of sp³-hybridized carbons (Fsp3) is 0.273. The second-order valence-electron chi connectivity index (χ2n) is 4.09. The first-order valence-corrected chi connectivity index (χ1v) is 5.89. The van der Waals surface area contributed by atoms with Crippen molar-refractivity contribution in [3.63, 3.8) is 0 Å². The van der Waals surface area contributed by atoms with Crippen LogP contribution in [-0.2, 0) is 6.54 Å². The molecule has 0 fully saturated rings. The van der Waals surface area contributed by atoms with Gasteiger partial charge in [0.15, 0.2) is 5.82 Å². The first-order chi connectivity index (χ1) is 8.97. The number of pyridine rings is 1. The number of H-pyrrole nitrogens is 1. The summed E-state index contributed by atoms with van der Waals surface area (Å²) in [5.41, 5.74) is 5.87. The zero-order chi connectivity index (χ0) is 14.0. The van der Waals surface area contributed by atoms with E-state index in [1.54, 1.807) is 14.0 Å². The molecule has 0 aliphatic heterocycles. The number of amides is 1. The summed E-state index contributed by atoms with van der Waals surface area (Å²) in [4.78, 5) is 21.6. The summed E-state index contributed by atoms with van der Waals surface area (Å²) in [5.74, 6) is 1.22. The van der Waals surface area contributed by atoms with E-state index < -0.39 is 0 Å². The van der Waals surface area contributed by atoms with Crippen LogP contribution in [0.4, 0.5) is 5.82 Å². The minimum atomic E-state index is -0.225. The standard InChI is InChI=1S/C11H13ClN6O/c1-6-15-9(17-16-6)5-18(2)11(19)7-3-8(12)10(13)14-4-7/h3-4H,5H2,1-2H3,(H2,13,14)(H,15,16,17). The molecular formula is C11H13ClN6O. The van der Waals surface area contributed by atoms with E-state index in [0.717, 1.165) is 0 Å². The SMILES string of the molecule is Cc1nc(CN(C)C(=O)c2cnc(N)c(Cl)c2)n[nH]1. The summed E-state index contributed by atoms with van der Waals surface area (Å²) >= 11 is 5.84. The summed E-state index contributed by atoms with van der Waals surface area (Å²) in [6, 6.07) is 1.49. The van der Waals surface area contributed by atoms with Crippen LogP contribution in [0.15, 0.2) is 12.3 Å². The van der Waals surface area contributed by atoms with Gasteiger partial charge >= 0.3 is 0 Å². The molecule has 3 N–H and O–H groups in total. The average molecular weight is 281 g/mol. The molecule has 19 heavy (non-hydrogen) atoms. The van der Waals surface area contributed by atoms with Crippen LogP contribution in [0.2, 0.25) is 5.02 Å². The van der Waals surface area contributed by atoms with E-state index >= 15 is 0 Å². The van der Waals surface area contributed by atoms with E-state index in [1.807, 2.05) is 0 Å². The minimum absolute atomic E-state index is 0.200. The number of aromatic amines is 1. The number of halogens is 1. The van der Waals surface area contributed by atoms with Crippen LogP contribution in [0.25, 0.3) is 0 Å². The second-order valence-corrected chi connectivity index (χ2v) is 4.50. The predicted octanol–water partition coefficient (Wildman–Crippen LogP) is 1.02. The topological polar surface area (TPSA) is 101 Å². The first kappa shape index (κ1) is 13.3. The molecule has 0 aliphatic rings. The number of carbonyl (C=O) groups is 1. The number of hydrogen-bond acceptors (Lipinski definition) is 5. The molecule has 0 bridgehead atoms. The quantitative estimate of drug-likeness (QED) is 0.874. The van der Waals surface area contributed by atoms with E-state index in [-0.39, 0.29) is 16.7 Å². The van der Waals surface area contributed by atoms with E-state index in [0.29, 0.717) is 23.8 Å². The molecular weight excluding hydrogens is 268 g/mol. The largest absolute Gasteiger partial charge is 0.382 e. The van der Waals surface area contributed by atoms with Crippen molar-refractivity contribution in [1.29, 1.82) is 0 Å². The molecule has 2 aromatic heterocycles. The third-order valence-corrected chi connectivity index (χ3v) is 2.79. The molecule has 2 rings (SSSR count). The van der Waals surface area contributed by atoms with E-state index in [4.69, 9.17) is 17.3 Å². The minimum Gasteiger partial charge on any atom is -0.382 e. The molecule has 0 saturated heterocycles. The molecule has 0 spiro atoms. The molecule has 2 aromatic rings. The van der Waals surface area contributed by atoms with Gasteiger partial charge in [0.2, 0.25) is 0 Å². The molecule has 0 atom stereocenters. The normalized spacial score (nSPS) is 10.5. The number of nitrogen functional groups attached to an aromatic ring is 1. The molecule has 1 amide bonds. The molecule has 0 radical (unpaired) electrons. The lowest BCUT2D eigenvalue weighted by atomic mass is 10.2. The zero-order valence-corrected chi connectivity index (χ0v) is 11.3. The van der Waals surface area contributed by atoms with E-state index in [1.165, 1.54) is 17.2 Å². The van der Waals surface area contributed by atoms with Crippen molar-refractivity contribution in [2.24, 2.45) is 0 Å². The van der Waals surface area contributed by atoms with Crippen molar-refractivity contribution in [3.05, 3.63) is 34.5 Å². The summed E-state index contributed by atoms with van der Waals surface area (Å²) in [5, 5.41) is 6.95. The number of rotatable bonds is 3. The lowest BCUT2D eigenvalue weighted by Crippen LogP contribution is -2.27. The second kappa shape index (κ2) is 5.23. The highest BCUT2D eigenvalue weighted by molar-refractivity contribution is 6.33. The van der Waals surface area contributed by atoms with Gasteiger partial charge in [0, 0.05) is 13.2 Å². The lowest BCUT2D eigenvalue weighted by molar-refractivity contribution is 0.0781. The number of nitrogens with zero attached hydrogens (tertiary/aromatic N) is 4. The van der Waals surface area contributed by atoms with Crippen molar-refractivity contribution in [2.75, 3.05) is 12.8 Å². The van der Waals surface area contributed by atoms with Gasteiger partial charge in [-0.2, -0.15) is 5.10 Å². The van der Waals surface area contributed by atoms with Gasteiger partial charge in [0.1, 0.15) is 11.6 Å². The number of nitrogens with one attached hydrogen (secondary N) is 1. The van der Waals surface area contributed by atoms with Crippen LogP contribution in [-0.4, -0.2) is 38.0 Å². The van der Waals surface area contributed by atoms with Crippen molar-refractivity contribution in [1.82, 2.24) is 25.1 Å². The van der Waals surface area contributed by atoms with Gasteiger partial charge in [0.25, 0.3) is 5.91 Å². The highest BCUT2D eigenvalue weighted by atomic mass is 35.5. The van der Waals surface area contributed by atoms with Gasteiger partial charge in [-0.15, -0.1) is 0 Å². The van der Waals surface area contributed by atoms with Crippen LogP contribution in [0.5, 0.6) is 0 Å². The Labute approximate surface area is 114 Å². The Kier molecular flexibility index (Phi) is 3.66. The van der Waals surface area contributed by atoms with Crippen molar-refractivity contribution in [2.45, 2.75) is 13.5 Å². The Balaban J connectivity index is 2.12. The van der Waals surface area contributed by atoms with Gasteiger partial charge < -0.3 is 10.6 Å². The summed E-state index contributed by atoms with van der Waals surface area (Å²) in [7, 11) is 1.65. The van der Waals surface area contributed by atoms with Gasteiger partial charge in [-0.05, 0) is 13.0 Å². The molecule has 0 aliphatic carbocycles. The third-order valence-electron chi connectivity index (χ3n) is 2.49. The third kappa shape index (κ3) is 3.00. The molecule has 7 nitrogen and oxygen atoms in total. The highest BCUT2D eigenvalue weighted by Crippen LogP contribution is 2.17. The maximum Gasteiger partial charge on any atom is 0.255 e. The predicted molar refractivity (Wildman–Crippen MR) is 70.6 cm³/mol. The number of carbonyl (C=O) groups excluding carboxylic acids is 1. The Morgan fingerprint density at radius 1 is 1.58 bits per heavy atom. The average Bonchev–Trinajstić information content (AvgIpc) is 2.77. The van der Waals surface area contributed by atoms with Crippen molar-refractivity contribution in [3.8, 4) is 0 Å². The van der Waals surface area contributed by atoms with Gasteiger partial charge in [-0.3, -0.25) is 9.89 Å². The van der Waals surface area contributed by atoms with Crippen LogP contribution >= 0.6 is 11.6 Å². The summed E-state index contributed by atoms with van der Waals surface area (Å²) in [6.07, 6.45) is 1.39. The number of aromatic nitrogens is 4. The number of nitrogens with two attached hydrogens (primary N) is 1. The fourth-order valence-corrected chi connectivity index (χ4v) is 1.70. The monoisotopic (exact) mass is 280 g/mol. The summed E-state index contributed by atoms with van der Waals surface area (Å²) in [6.45, 7) is 2.09. The van der Waals surface area contributed by atoms with Crippen LogP contribution in [0.1, 0.15) is 22.0 Å². The van der Waals surface area contributed by atoms with Crippen molar-refractivity contribution < 1.29 is 4.79 Å². The Bertz CT molecular complexity index is 611. The zero-order valence-electron chi connectivity index (χ0n) is 10.5. The molecule has 0 saturated carbocycles. The number of anilines is 1. The Morgan fingerprint density at radius 3 is 2.89 bits per heavy atom. The van der Waals surface area contributed by atoms with Gasteiger partial charge in [-0.1, -0.05) is 11.6 Å². The smallest absolute Gasteiger partial charge is 0.255 e.